The Labute approximate surface area is 121 Å². The molecule has 21 heavy (non-hydrogen) atoms. The minimum atomic E-state index is -0.554. The third-order valence-electron chi connectivity index (χ3n) is 3.39. The van der Waals surface area contributed by atoms with E-state index < -0.39 is 4.92 Å². The third kappa shape index (κ3) is 3.34. The summed E-state index contributed by atoms with van der Waals surface area (Å²) in [4.78, 5) is 35.3. The summed E-state index contributed by atoms with van der Waals surface area (Å²) in [5.41, 5.74) is 2.86. The van der Waals surface area contributed by atoms with E-state index >= 15 is 0 Å². The number of benzene rings is 1. The lowest BCUT2D eigenvalue weighted by Gasteiger charge is -2.19. The molecule has 0 atom stereocenters. The summed E-state index contributed by atoms with van der Waals surface area (Å²) in [6.07, 6.45) is 2.11. The number of nitrogens with zero attached hydrogens (tertiary/aromatic N) is 2. The Kier molecular flexibility index (Phi) is 4.49. The fourth-order valence-electron chi connectivity index (χ4n) is 2.28. The number of nitrogens with one attached hydrogen (secondary N) is 1. The van der Waals surface area contributed by atoms with Crippen LogP contribution in [-0.2, 0) is 16.1 Å². The molecule has 1 aliphatic heterocycles. The monoisotopic (exact) mass is 292 g/mol. The minimum Gasteiger partial charge on any atom is -0.318 e. The average Bonchev–Trinajstić information content (AvgIpc) is 2.62. The highest BCUT2D eigenvalue weighted by Gasteiger charge is 2.24. The van der Waals surface area contributed by atoms with Crippen LogP contribution in [0, 0.1) is 10.1 Å². The van der Waals surface area contributed by atoms with Crippen molar-refractivity contribution in [3.8, 4) is 0 Å². The number of imide groups is 1. The van der Waals surface area contributed by atoms with Crippen molar-refractivity contribution < 1.29 is 14.5 Å². The van der Waals surface area contributed by atoms with Crippen LogP contribution in [-0.4, -0.2) is 21.6 Å². The molecule has 0 radical (unpaired) electrons. The normalized spacial score (nSPS) is 15.8. The molecule has 1 saturated heterocycles. The van der Waals surface area contributed by atoms with E-state index in [9.17, 15) is 19.7 Å². The van der Waals surface area contributed by atoms with Crippen LogP contribution in [0.5, 0.6) is 0 Å². The van der Waals surface area contributed by atoms with Crippen LogP contribution in [0.2, 0.25) is 0 Å². The Morgan fingerprint density at radius 3 is 2.38 bits per heavy atom. The first-order chi connectivity index (χ1) is 10.0. The zero-order valence-corrected chi connectivity index (χ0v) is 11.4. The van der Waals surface area contributed by atoms with Gasteiger partial charge >= 0.3 is 0 Å². The molecule has 0 aliphatic carbocycles. The molecular weight excluding hydrogens is 276 g/mol. The molecule has 1 heterocycles. The summed E-state index contributed by atoms with van der Waals surface area (Å²) in [6, 6.07) is 4.30. The van der Waals surface area contributed by atoms with E-state index in [-0.39, 0.29) is 29.7 Å². The Bertz CT molecular complexity index is 570. The highest BCUT2D eigenvalue weighted by atomic mass is 16.6. The number of nitrogens with two attached hydrogens (primary N) is 1. The van der Waals surface area contributed by atoms with E-state index in [2.05, 4.69) is 5.43 Å². The van der Waals surface area contributed by atoms with Crippen molar-refractivity contribution in [1.82, 2.24) is 4.90 Å². The van der Waals surface area contributed by atoms with Gasteiger partial charge in [-0.1, -0.05) is 6.07 Å². The number of carbonyl (C=O) groups is 2. The lowest BCUT2D eigenvalue weighted by Crippen LogP contribution is -2.34. The number of carbonyl (C=O) groups excluding carboxylic acids is 2. The van der Waals surface area contributed by atoms with Crippen molar-refractivity contribution >= 4 is 23.2 Å². The van der Waals surface area contributed by atoms with Gasteiger partial charge in [0.15, 0.2) is 0 Å². The van der Waals surface area contributed by atoms with Crippen molar-refractivity contribution in [3.05, 3.63) is 33.9 Å². The Hall–Kier alpha value is -2.48. The Morgan fingerprint density at radius 2 is 1.86 bits per heavy atom. The van der Waals surface area contributed by atoms with Gasteiger partial charge in [0.05, 0.1) is 11.5 Å². The molecule has 0 saturated carbocycles. The van der Waals surface area contributed by atoms with Gasteiger partial charge in [0.1, 0.15) is 5.69 Å². The maximum Gasteiger partial charge on any atom is 0.293 e. The zero-order valence-electron chi connectivity index (χ0n) is 11.4. The Balaban J connectivity index is 2.24. The molecule has 112 valence electrons. The lowest BCUT2D eigenvalue weighted by atomic mass is 10.1. The maximum absolute atomic E-state index is 11.9. The summed E-state index contributed by atoms with van der Waals surface area (Å²) in [6.45, 7) is 0.102. The van der Waals surface area contributed by atoms with Gasteiger partial charge in [-0.05, 0) is 24.5 Å². The third-order valence-corrected chi connectivity index (χ3v) is 3.39. The summed E-state index contributed by atoms with van der Waals surface area (Å²) in [5, 5.41) is 10.8. The van der Waals surface area contributed by atoms with E-state index in [0.29, 0.717) is 31.2 Å². The number of rotatable bonds is 4. The van der Waals surface area contributed by atoms with Crippen molar-refractivity contribution in [3.63, 3.8) is 0 Å². The fourth-order valence-corrected chi connectivity index (χ4v) is 2.28. The van der Waals surface area contributed by atoms with Crippen molar-refractivity contribution in [2.24, 2.45) is 5.84 Å². The molecule has 3 N–H and O–H groups in total. The van der Waals surface area contributed by atoms with Gasteiger partial charge in [0.25, 0.3) is 5.69 Å². The van der Waals surface area contributed by atoms with E-state index in [4.69, 9.17) is 5.84 Å². The van der Waals surface area contributed by atoms with Crippen LogP contribution < -0.4 is 11.3 Å². The molecule has 0 aromatic heterocycles. The molecule has 0 bridgehead atoms. The van der Waals surface area contributed by atoms with Crippen LogP contribution in [0.15, 0.2) is 18.2 Å². The quantitative estimate of drug-likeness (QED) is 0.374. The van der Waals surface area contributed by atoms with E-state index in [1.165, 1.54) is 23.1 Å². The van der Waals surface area contributed by atoms with Gasteiger partial charge < -0.3 is 5.43 Å². The number of nitrogen functional groups attached to an aromatic ring is 1. The average molecular weight is 292 g/mol. The highest BCUT2D eigenvalue weighted by Crippen LogP contribution is 2.25. The first-order valence-electron chi connectivity index (χ1n) is 6.60. The molecule has 0 spiro atoms. The highest BCUT2D eigenvalue weighted by molar-refractivity contribution is 5.96. The molecule has 0 unspecified atom stereocenters. The maximum atomic E-state index is 11.9. The number of nitro groups is 1. The number of anilines is 1. The predicted octanol–water partition coefficient (Wildman–Crippen LogP) is 1.31. The lowest BCUT2D eigenvalue weighted by molar-refractivity contribution is -0.384. The van der Waals surface area contributed by atoms with Crippen LogP contribution in [0.3, 0.4) is 0 Å². The number of hydrogen-bond donors (Lipinski definition) is 2. The van der Waals surface area contributed by atoms with Crippen molar-refractivity contribution in [2.75, 3.05) is 5.43 Å². The standard InChI is InChI=1S/C13H16N4O4/c14-15-10-7-9(5-6-11(10)17(20)21)8-16-12(18)3-1-2-4-13(16)19/h5-7,15H,1-4,8,14H2. The smallest absolute Gasteiger partial charge is 0.293 e. The second-order valence-electron chi connectivity index (χ2n) is 4.83. The summed E-state index contributed by atoms with van der Waals surface area (Å²) in [5.74, 6) is 4.85. The fraction of sp³-hybridized carbons (Fsp3) is 0.385. The van der Waals surface area contributed by atoms with E-state index in [0.717, 1.165) is 0 Å². The summed E-state index contributed by atoms with van der Waals surface area (Å²) >= 11 is 0. The van der Waals surface area contributed by atoms with Crippen LogP contribution in [0.1, 0.15) is 31.2 Å². The van der Waals surface area contributed by atoms with Gasteiger partial charge in [-0.25, -0.2) is 0 Å². The van der Waals surface area contributed by atoms with Gasteiger partial charge in [-0.15, -0.1) is 0 Å². The van der Waals surface area contributed by atoms with Crippen molar-refractivity contribution in [2.45, 2.75) is 32.2 Å². The van der Waals surface area contributed by atoms with Crippen LogP contribution >= 0.6 is 0 Å². The summed E-state index contributed by atoms with van der Waals surface area (Å²) in [7, 11) is 0. The molecule has 1 aromatic carbocycles. The van der Waals surface area contributed by atoms with Crippen molar-refractivity contribution in [1.29, 1.82) is 0 Å². The number of hydrogen-bond acceptors (Lipinski definition) is 6. The van der Waals surface area contributed by atoms with E-state index in [1.807, 2.05) is 0 Å². The van der Waals surface area contributed by atoms with Gasteiger partial charge in [0, 0.05) is 18.9 Å². The molecule has 1 fully saturated rings. The summed E-state index contributed by atoms with van der Waals surface area (Å²) < 4.78 is 0. The minimum absolute atomic E-state index is 0.102. The van der Waals surface area contributed by atoms with Gasteiger partial charge in [-0.3, -0.25) is 30.4 Å². The van der Waals surface area contributed by atoms with Gasteiger partial charge in [-0.2, -0.15) is 0 Å². The molecule has 1 aliphatic rings. The van der Waals surface area contributed by atoms with Crippen LogP contribution in [0.4, 0.5) is 11.4 Å². The second kappa shape index (κ2) is 6.31. The second-order valence-corrected chi connectivity index (χ2v) is 4.83. The Morgan fingerprint density at radius 1 is 1.24 bits per heavy atom. The molecule has 2 amide bonds. The first-order valence-corrected chi connectivity index (χ1v) is 6.60. The predicted molar refractivity (Wildman–Crippen MR) is 74.9 cm³/mol. The molecule has 2 rings (SSSR count). The molecular formula is C13H16N4O4. The number of likely N-dealkylation sites (tertiary alicyclic amines) is 1. The number of nitro benzene ring substituents is 1. The number of amides is 2. The first kappa shape index (κ1) is 14.9. The number of hydrazine groups is 1. The molecule has 8 heteroatoms. The van der Waals surface area contributed by atoms with Gasteiger partial charge in [0.2, 0.25) is 11.8 Å². The topological polar surface area (TPSA) is 119 Å². The van der Waals surface area contributed by atoms with E-state index in [1.54, 1.807) is 0 Å². The molecule has 8 nitrogen and oxygen atoms in total. The zero-order chi connectivity index (χ0) is 15.4. The SMILES string of the molecule is NNc1cc(CN2C(=O)CCCCC2=O)ccc1[N+](=O)[O-]. The van der Waals surface area contributed by atoms with Crippen LogP contribution in [0.25, 0.3) is 0 Å². The largest absolute Gasteiger partial charge is 0.318 e. The molecule has 1 aromatic rings.